The number of aromatic hydroxyl groups is 1. The Bertz CT molecular complexity index is 2000. The topological polar surface area (TPSA) is 52.5 Å². The fourth-order valence-corrected chi connectivity index (χ4v) is 5.55. The summed E-state index contributed by atoms with van der Waals surface area (Å²) in [6.45, 7) is 6.67. The summed E-state index contributed by atoms with van der Waals surface area (Å²) in [5, 5.41) is 11.1. The summed E-state index contributed by atoms with van der Waals surface area (Å²) in [6, 6.07) is 36.0. The van der Waals surface area contributed by atoms with Crippen molar-refractivity contribution < 1.29 is 27.5 Å². The quantitative estimate of drug-likeness (QED) is 0.183. The standard InChI is InChI=1S/C37H31N4O.Pt/c1-37(2,3)28-17-12-24(13-18-28)27-16-21-35(38-23-27)41-32-10-6-5-9-30(32)40(4)31-20-15-26(22-33(31)41)29-19-14-25-8-7-11-34(42)36(25)39-29;/h5-21,23,42H,1-4H3;/q-1;/i8D;. The summed E-state index contributed by atoms with van der Waals surface area (Å²) < 4.78 is 8.20. The first kappa shape index (κ1) is 27.4. The minimum Gasteiger partial charge on any atom is -0.506 e. The minimum absolute atomic E-state index is 0. The van der Waals surface area contributed by atoms with Gasteiger partial charge in [-0.1, -0.05) is 81.4 Å². The van der Waals surface area contributed by atoms with Crippen LogP contribution in [-0.2, 0) is 26.5 Å². The van der Waals surface area contributed by atoms with Crippen LogP contribution in [0.1, 0.15) is 27.7 Å². The van der Waals surface area contributed by atoms with E-state index < -0.39 is 0 Å². The Labute approximate surface area is 268 Å². The van der Waals surface area contributed by atoms with E-state index in [0.29, 0.717) is 22.6 Å². The molecule has 0 spiro atoms. The number of pyridine rings is 2. The maximum Gasteiger partial charge on any atom is 0.140 e. The van der Waals surface area contributed by atoms with Crippen LogP contribution in [0.3, 0.4) is 0 Å². The van der Waals surface area contributed by atoms with E-state index in [2.05, 4.69) is 98.3 Å². The number of hydrogen-bond donors (Lipinski definition) is 1. The van der Waals surface area contributed by atoms with E-state index in [4.69, 9.17) is 11.3 Å². The SMILES string of the molecule is [2H]c1ccc(O)c2nc(-c3[c-]c4c(cc3)N(C)c3ccccc3N4c3ccc(-c4ccc(C(C)(C)C)cc4)cn3)ccc12.[Pt]. The van der Waals surface area contributed by atoms with Crippen molar-refractivity contribution in [3.8, 4) is 28.1 Å². The molecule has 1 aliphatic rings. The molecule has 4 aromatic carbocycles. The second kappa shape index (κ2) is 11.0. The molecule has 0 atom stereocenters. The van der Waals surface area contributed by atoms with Gasteiger partial charge in [-0.25, -0.2) is 4.98 Å². The molecule has 0 unspecified atom stereocenters. The molecule has 7 rings (SSSR count). The Morgan fingerprint density at radius 1 is 0.791 bits per heavy atom. The summed E-state index contributed by atoms with van der Waals surface area (Å²) >= 11 is 0. The van der Waals surface area contributed by atoms with Crippen LogP contribution in [0, 0.1) is 6.07 Å². The first-order valence-corrected chi connectivity index (χ1v) is 14.0. The van der Waals surface area contributed by atoms with Crippen molar-refractivity contribution in [3.05, 3.63) is 121 Å². The Kier molecular flexibility index (Phi) is 6.99. The Morgan fingerprint density at radius 2 is 1.53 bits per heavy atom. The van der Waals surface area contributed by atoms with Gasteiger partial charge >= 0.3 is 0 Å². The first-order valence-electron chi connectivity index (χ1n) is 14.5. The van der Waals surface area contributed by atoms with E-state index in [9.17, 15) is 5.11 Å². The molecule has 1 aliphatic heterocycles. The molecule has 0 amide bonds. The zero-order valence-electron chi connectivity index (χ0n) is 25.4. The Hall–Kier alpha value is -4.47. The molecule has 43 heavy (non-hydrogen) atoms. The largest absolute Gasteiger partial charge is 0.506 e. The summed E-state index contributed by atoms with van der Waals surface area (Å²) in [4.78, 5) is 14.0. The number of phenols is 1. The van der Waals surface area contributed by atoms with Crippen LogP contribution in [0.15, 0.2) is 109 Å². The molecule has 0 saturated heterocycles. The van der Waals surface area contributed by atoms with Crippen molar-refractivity contribution in [1.82, 2.24) is 9.97 Å². The molecule has 1 N–H and O–H groups in total. The third-order valence-electron chi connectivity index (χ3n) is 7.93. The number of anilines is 5. The van der Waals surface area contributed by atoms with Crippen LogP contribution in [0.4, 0.5) is 28.6 Å². The molecule has 0 radical (unpaired) electrons. The average Bonchev–Trinajstić information content (AvgIpc) is 3.02. The summed E-state index contributed by atoms with van der Waals surface area (Å²) in [5.41, 5.74) is 9.35. The molecule has 0 saturated carbocycles. The number of nitrogens with zero attached hydrogens (tertiary/aromatic N) is 4. The fraction of sp³-hybridized carbons (Fsp3) is 0.135. The van der Waals surface area contributed by atoms with E-state index in [0.717, 1.165) is 45.3 Å². The number of benzene rings is 4. The van der Waals surface area contributed by atoms with E-state index in [1.165, 1.54) is 11.6 Å². The Balaban J connectivity index is 0.00000343. The third-order valence-corrected chi connectivity index (χ3v) is 7.93. The van der Waals surface area contributed by atoms with Gasteiger partial charge in [0.15, 0.2) is 0 Å². The number of rotatable bonds is 3. The molecule has 0 aliphatic carbocycles. The maximum atomic E-state index is 10.5. The van der Waals surface area contributed by atoms with Crippen molar-refractivity contribution >= 4 is 39.5 Å². The van der Waals surface area contributed by atoms with Gasteiger partial charge in [-0.2, -0.15) is 0 Å². The van der Waals surface area contributed by atoms with Crippen LogP contribution < -0.4 is 9.80 Å². The van der Waals surface area contributed by atoms with Crippen molar-refractivity contribution in [2.45, 2.75) is 26.2 Å². The first-order chi connectivity index (χ1) is 20.7. The molecular weight excluding hydrogens is 712 g/mol. The molecule has 6 aromatic rings. The fourth-order valence-electron chi connectivity index (χ4n) is 5.55. The molecule has 2 aromatic heterocycles. The number of fused-ring (bicyclic) bond motifs is 3. The van der Waals surface area contributed by atoms with Gasteiger partial charge in [0.25, 0.3) is 0 Å². The van der Waals surface area contributed by atoms with Crippen molar-refractivity contribution in [2.75, 3.05) is 16.8 Å². The number of aromatic nitrogens is 2. The van der Waals surface area contributed by atoms with E-state index in [1.54, 1.807) is 6.07 Å². The van der Waals surface area contributed by atoms with Crippen LogP contribution in [0.5, 0.6) is 5.75 Å². The zero-order valence-corrected chi connectivity index (χ0v) is 26.6. The van der Waals surface area contributed by atoms with Gasteiger partial charge in [0.05, 0.1) is 12.7 Å². The predicted octanol–water partition coefficient (Wildman–Crippen LogP) is 9.32. The van der Waals surface area contributed by atoms with Gasteiger partial charge in [-0.3, -0.25) is 4.98 Å². The van der Waals surface area contributed by atoms with Crippen molar-refractivity contribution in [1.29, 1.82) is 0 Å². The smallest absolute Gasteiger partial charge is 0.140 e. The van der Waals surface area contributed by atoms with Crippen molar-refractivity contribution in [3.63, 3.8) is 0 Å². The van der Waals surface area contributed by atoms with Crippen LogP contribution in [-0.4, -0.2) is 22.1 Å². The van der Waals surface area contributed by atoms with E-state index in [-0.39, 0.29) is 32.2 Å². The third kappa shape index (κ3) is 5.08. The molecular formula is C37H31N4OPt-. The van der Waals surface area contributed by atoms with Crippen molar-refractivity contribution in [2.24, 2.45) is 0 Å². The monoisotopic (exact) mass is 743 g/mol. The second-order valence-electron chi connectivity index (χ2n) is 11.7. The van der Waals surface area contributed by atoms with Gasteiger partial charge < -0.3 is 14.9 Å². The van der Waals surface area contributed by atoms with Crippen LogP contribution >= 0.6 is 0 Å². The second-order valence-corrected chi connectivity index (χ2v) is 11.7. The molecule has 216 valence electrons. The maximum absolute atomic E-state index is 10.5. The average molecular weight is 744 g/mol. The van der Waals surface area contributed by atoms with E-state index >= 15 is 0 Å². The summed E-state index contributed by atoms with van der Waals surface area (Å²) in [7, 11) is 2.06. The van der Waals surface area contributed by atoms with Gasteiger partial charge in [-0.15, -0.1) is 23.8 Å². The minimum atomic E-state index is 0. The molecule has 0 fully saturated rings. The number of para-hydroxylation sites is 3. The zero-order chi connectivity index (χ0) is 29.9. The van der Waals surface area contributed by atoms with Gasteiger partial charge in [0.2, 0.25) is 0 Å². The summed E-state index contributed by atoms with van der Waals surface area (Å²) in [6.07, 6.45) is 1.93. The van der Waals surface area contributed by atoms with Gasteiger partial charge in [0.1, 0.15) is 17.1 Å². The predicted molar refractivity (Wildman–Crippen MR) is 172 cm³/mol. The normalized spacial score (nSPS) is 12.8. The number of phenolic OH excluding ortho intramolecular Hbond substituents is 1. The molecule has 3 heterocycles. The van der Waals surface area contributed by atoms with Gasteiger partial charge in [0, 0.05) is 45.3 Å². The summed E-state index contributed by atoms with van der Waals surface area (Å²) in [5.74, 6) is 0.839. The molecule has 6 heteroatoms. The van der Waals surface area contributed by atoms with Gasteiger partial charge in [-0.05, 0) is 63.9 Å². The van der Waals surface area contributed by atoms with Crippen LogP contribution in [0.25, 0.3) is 33.3 Å². The molecule has 5 nitrogen and oxygen atoms in total. The number of hydrogen-bond acceptors (Lipinski definition) is 5. The Morgan fingerprint density at radius 3 is 2.26 bits per heavy atom. The van der Waals surface area contributed by atoms with E-state index in [1.807, 2.05) is 36.5 Å². The van der Waals surface area contributed by atoms with Crippen LogP contribution in [0.2, 0.25) is 0 Å². The molecule has 0 bridgehead atoms.